The topological polar surface area (TPSA) is 64.3 Å². The van der Waals surface area contributed by atoms with Gasteiger partial charge in [0, 0.05) is 13.2 Å². The summed E-state index contributed by atoms with van der Waals surface area (Å²) in [6.07, 6.45) is 3.16. The van der Waals surface area contributed by atoms with E-state index in [1.807, 2.05) is 27.7 Å². The molecule has 0 bridgehead atoms. The first-order valence-corrected chi connectivity index (χ1v) is 7.55. The van der Waals surface area contributed by atoms with E-state index in [1.54, 1.807) is 0 Å². The van der Waals surface area contributed by atoms with Gasteiger partial charge in [0.1, 0.15) is 0 Å². The Morgan fingerprint density at radius 1 is 1.32 bits per heavy atom. The molecule has 0 aromatic heterocycles. The first-order valence-electron chi connectivity index (χ1n) is 7.14. The van der Waals surface area contributed by atoms with Gasteiger partial charge in [-0.05, 0) is 26.7 Å². The Hall–Kier alpha value is -0.680. The van der Waals surface area contributed by atoms with Crippen LogP contribution in [0.25, 0.3) is 0 Å². The van der Waals surface area contributed by atoms with E-state index in [0.717, 1.165) is 12.8 Å². The lowest BCUT2D eigenvalue weighted by molar-refractivity contribution is -0.128. The van der Waals surface area contributed by atoms with Crippen molar-refractivity contribution in [1.82, 2.24) is 5.32 Å². The van der Waals surface area contributed by atoms with E-state index in [9.17, 15) is 4.79 Å². The summed E-state index contributed by atoms with van der Waals surface area (Å²) in [5, 5.41) is 2.93. The van der Waals surface area contributed by atoms with E-state index in [-0.39, 0.29) is 12.0 Å². The summed E-state index contributed by atoms with van der Waals surface area (Å²) < 4.78 is 5.41. The van der Waals surface area contributed by atoms with Crippen LogP contribution < -0.4 is 11.1 Å². The maximum absolute atomic E-state index is 12.5. The number of thiocarbonyl (C=S) groups is 1. The molecule has 4 nitrogen and oxygen atoms in total. The summed E-state index contributed by atoms with van der Waals surface area (Å²) in [6, 6.07) is 0. The third-order valence-corrected chi connectivity index (χ3v) is 3.65. The number of rotatable bonds is 10. The molecular weight excluding hydrogens is 260 g/mol. The van der Waals surface area contributed by atoms with Crippen LogP contribution in [0.1, 0.15) is 53.4 Å². The molecule has 1 unspecified atom stereocenters. The fourth-order valence-electron chi connectivity index (χ4n) is 2.31. The molecule has 19 heavy (non-hydrogen) atoms. The molecule has 0 heterocycles. The zero-order valence-corrected chi connectivity index (χ0v) is 13.4. The van der Waals surface area contributed by atoms with Gasteiger partial charge in [-0.25, -0.2) is 0 Å². The lowest BCUT2D eigenvalue weighted by Crippen LogP contribution is -2.50. The van der Waals surface area contributed by atoms with Crippen molar-refractivity contribution in [3.63, 3.8) is 0 Å². The van der Waals surface area contributed by atoms with Crippen LogP contribution in [0.3, 0.4) is 0 Å². The van der Waals surface area contributed by atoms with E-state index < -0.39 is 5.41 Å². The summed E-state index contributed by atoms with van der Waals surface area (Å²) >= 11 is 5.15. The van der Waals surface area contributed by atoms with Gasteiger partial charge in [-0.1, -0.05) is 38.9 Å². The van der Waals surface area contributed by atoms with Gasteiger partial charge in [-0.2, -0.15) is 0 Å². The lowest BCUT2D eigenvalue weighted by atomic mass is 9.78. The van der Waals surface area contributed by atoms with Crippen LogP contribution >= 0.6 is 12.2 Å². The van der Waals surface area contributed by atoms with Crippen LogP contribution in [0, 0.1) is 5.41 Å². The molecule has 0 saturated heterocycles. The predicted molar refractivity (Wildman–Crippen MR) is 83.1 cm³/mol. The fraction of sp³-hybridized carbons (Fsp3) is 0.857. The predicted octanol–water partition coefficient (Wildman–Crippen LogP) is 2.40. The van der Waals surface area contributed by atoms with Crippen molar-refractivity contribution in [2.75, 3.05) is 13.2 Å². The van der Waals surface area contributed by atoms with Gasteiger partial charge in [0.15, 0.2) is 0 Å². The molecule has 0 aromatic rings. The Bertz CT molecular complexity index is 289. The second-order valence-electron chi connectivity index (χ2n) is 4.92. The monoisotopic (exact) mass is 288 g/mol. The molecule has 0 rings (SSSR count). The quantitative estimate of drug-likeness (QED) is 0.606. The molecule has 0 aliphatic heterocycles. The van der Waals surface area contributed by atoms with E-state index in [2.05, 4.69) is 5.32 Å². The van der Waals surface area contributed by atoms with Crippen molar-refractivity contribution in [2.24, 2.45) is 11.1 Å². The van der Waals surface area contributed by atoms with E-state index in [4.69, 9.17) is 22.7 Å². The average Bonchev–Trinajstić information content (AvgIpc) is 2.35. The number of carbonyl (C=O) groups excluding carboxylic acids is 1. The first-order chi connectivity index (χ1) is 8.94. The Labute approximate surface area is 122 Å². The number of hydrogen-bond donors (Lipinski definition) is 2. The summed E-state index contributed by atoms with van der Waals surface area (Å²) in [5.74, 6) is -0.0600. The molecule has 1 atom stereocenters. The van der Waals surface area contributed by atoms with Gasteiger partial charge in [-0.3, -0.25) is 4.79 Å². The number of ether oxygens (including phenoxy) is 1. The van der Waals surface area contributed by atoms with Crippen molar-refractivity contribution in [2.45, 2.75) is 59.5 Å². The van der Waals surface area contributed by atoms with Crippen molar-refractivity contribution < 1.29 is 9.53 Å². The molecule has 0 spiro atoms. The fourth-order valence-corrected chi connectivity index (χ4v) is 2.61. The summed E-state index contributed by atoms with van der Waals surface area (Å²) in [7, 11) is 0. The molecule has 0 aliphatic rings. The standard InChI is InChI=1S/C14H28N2O2S/c1-5-8-14(9-6-2,12(15)19)13(17)16-10-11(4)18-7-3/h11H,5-10H2,1-4H3,(H2,15,19)(H,16,17). The molecule has 1 amide bonds. The maximum atomic E-state index is 12.5. The maximum Gasteiger partial charge on any atom is 0.233 e. The average molecular weight is 288 g/mol. The number of nitrogens with one attached hydrogen (secondary N) is 1. The first kappa shape index (κ1) is 18.3. The molecule has 5 heteroatoms. The van der Waals surface area contributed by atoms with Crippen molar-refractivity contribution >= 4 is 23.1 Å². The molecule has 0 aromatic carbocycles. The van der Waals surface area contributed by atoms with Crippen LogP contribution in [-0.4, -0.2) is 30.2 Å². The van der Waals surface area contributed by atoms with Crippen molar-refractivity contribution in [3.8, 4) is 0 Å². The minimum absolute atomic E-state index is 0.00116. The molecular formula is C14H28N2O2S. The van der Waals surface area contributed by atoms with Crippen molar-refractivity contribution in [3.05, 3.63) is 0 Å². The Kier molecular flexibility index (Phi) is 8.93. The Balaban J connectivity index is 4.75. The van der Waals surface area contributed by atoms with Gasteiger partial charge in [0.25, 0.3) is 0 Å². The van der Waals surface area contributed by atoms with Crippen LogP contribution in [0.15, 0.2) is 0 Å². The van der Waals surface area contributed by atoms with E-state index in [0.29, 0.717) is 31.0 Å². The van der Waals surface area contributed by atoms with E-state index in [1.165, 1.54) is 0 Å². The summed E-state index contributed by atoms with van der Waals surface area (Å²) in [4.78, 5) is 12.8. The van der Waals surface area contributed by atoms with Crippen LogP contribution in [0.5, 0.6) is 0 Å². The smallest absolute Gasteiger partial charge is 0.233 e. The highest BCUT2D eigenvalue weighted by atomic mass is 32.1. The third kappa shape index (κ3) is 5.45. The van der Waals surface area contributed by atoms with Crippen LogP contribution in [0.4, 0.5) is 0 Å². The number of hydrogen-bond acceptors (Lipinski definition) is 3. The Morgan fingerprint density at radius 3 is 2.21 bits per heavy atom. The van der Waals surface area contributed by atoms with Gasteiger partial charge >= 0.3 is 0 Å². The zero-order valence-electron chi connectivity index (χ0n) is 12.6. The second-order valence-corrected chi connectivity index (χ2v) is 5.36. The zero-order chi connectivity index (χ0) is 14.9. The van der Waals surface area contributed by atoms with Crippen molar-refractivity contribution in [1.29, 1.82) is 0 Å². The van der Waals surface area contributed by atoms with Gasteiger partial charge in [0.05, 0.1) is 16.5 Å². The Morgan fingerprint density at radius 2 is 1.84 bits per heavy atom. The number of nitrogens with two attached hydrogens (primary N) is 1. The largest absolute Gasteiger partial charge is 0.392 e. The highest BCUT2D eigenvalue weighted by Gasteiger charge is 2.39. The highest BCUT2D eigenvalue weighted by Crippen LogP contribution is 2.30. The third-order valence-electron chi connectivity index (χ3n) is 3.26. The molecule has 0 fully saturated rings. The molecule has 0 aliphatic carbocycles. The van der Waals surface area contributed by atoms with Gasteiger partial charge < -0.3 is 15.8 Å². The molecule has 0 radical (unpaired) electrons. The van der Waals surface area contributed by atoms with Gasteiger partial charge in [-0.15, -0.1) is 0 Å². The normalized spacial score (nSPS) is 13.1. The highest BCUT2D eigenvalue weighted by molar-refractivity contribution is 7.80. The minimum Gasteiger partial charge on any atom is -0.392 e. The SMILES string of the molecule is CCCC(CCC)(C(=O)NCC(C)OCC)C(N)=S. The lowest BCUT2D eigenvalue weighted by Gasteiger charge is -2.31. The minimum atomic E-state index is -0.704. The second kappa shape index (κ2) is 9.26. The molecule has 0 saturated carbocycles. The molecule has 3 N–H and O–H groups in total. The van der Waals surface area contributed by atoms with Gasteiger partial charge in [0.2, 0.25) is 5.91 Å². The number of carbonyl (C=O) groups is 1. The number of amides is 1. The molecule has 112 valence electrons. The van der Waals surface area contributed by atoms with Crippen LogP contribution in [0.2, 0.25) is 0 Å². The van der Waals surface area contributed by atoms with Crippen LogP contribution in [-0.2, 0) is 9.53 Å². The summed E-state index contributed by atoms with van der Waals surface area (Å²) in [6.45, 7) is 9.08. The summed E-state index contributed by atoms with van der Waals surface area (Å²) in [5.41, 5.74) is 5.15. The van der Waals surface area contributed by atoms with E-state index >= 15 is 0 Å².